The van der Waals surface area contributed by atoms with Gasteiger partial charge in [-0.3, -0.25) is 4.79 Å². The number of carbonyl (C=O) groups excluding carboxylic acids is 1. The van der Waals surface area contributed by atoms with Gasteiger partial charge in [-0.25, -0.2) is 4.68 Å². The first-order chi connectivity index (χ1) is 13.3. The molecule has 28 heavy (non-hydrogen) atoms. The van der Waals surface area contributed by atoms with E-state index < -0.39 is 0 Å². The summed E-state index contributed by atoms with van der Waals surface area (Å²) in [5.74, 6) is 1.34. The number of nitrogen functional groups attached to an aromatic ring is 1. The summed E-state index contributed by atoms with van der Waals surface area (Å²) in [7, 11) is 0. The molecule has 3 aromatic rings. The van der Waals surface area contributed by atoms with Crippen LogP contribution in [0.2, 0.25) is 0 Å². The van der Waals surface area contributed by atoms with E-state index in [1.807, 2.05) is 35.0 Å². The monoisotopic (exact) mass is 375 g/mol. The summed E-state index contributed by atoms with van der Waals surface area (Å²) in [6, 6.07) is 11.7. The standard InChI is InChI=1S/C22H21N3O3/c1-12(26)20-16-10-22(2,3)17-6-4-13(23)8-15(17)21(16)25(24-20)14-5-7-18-19(9-14)28-11-27-18/h4-9H,10-11,23H2,1-3H3. The zero-order valence-corrected chi connectivity index (χ0v) is 16.1. The van der Waals surface area contributed by atoms with Crippen molar-refractivity contribution in [1.82, 2.24) is 9.78 Å². The number of hydrogen-bond acceptors (Lipinski definition) is 5. The Balaban J connectivity index is 1.81. The Morgan fingerprint density at radius 3 is 2.71 bits per heavy atom. The number of ketones is 1. The van der Waals surface area contributed by atoms with Crippen LogP contribution in [-0.4, -0.2) is 22.4 Å². The van der Waals surface area contributed by atoms with Crippen molar-refractivity contribution in [1.29, 1.82) is 0 Å². The number of rotatable bonds is 2. The molecule has 0 radical (unpaired) electrons. The molecule has 5 rings (SSSR count). The number of benzene rings is 2. The van der Waals surface area contributed by atoms with Crippen LogP contribution in [0.3, 0.4) is 0 Å². The van der Waals surface area contributed by atoms with Gasteiger partial charge in [0.2, 0.25) is 6.79 Å². The molecule has 2 N–H and O–H groups in total. The van der Waals surface area contributed by atoms with Crippen molar-refractivity contribution < 1.29 is 14.3 Å². The smallest absolute Gasteiger partial charge is 0.231 e. The SMILES string of the molecule is CC(=O)c1nn(-c2ccc3c(c2)OCO3)c2c1CC(C)(C)c1ccc(N)cc1-2. The highest BCUT2D eigenvalue weighted by Crippen LogP contribution is 2.46. The van der Waals surface area contributed by atoms with Crippen LogP contribution in [0.4, 0.5) is 5.69 Å². The lowest BCUT2D eigenvalue weighted by Crippen LogP contribution is -2.26. The van der Waals surface area contributed by atoms with E-state index in [0.717, 1.165) is 28.9 Å². The molecule has 1 aliphatic carbocycles. The van der Waals surface area contributed by atoms with Crippen molar-refractivity contribution in [3.05, 3.63) is 53.2 Å². The minimum absolute atomic E-state index is 0.0427. The highest BCUT2D eigenvalue weighted by atomic mass is 16.7. The molecule has 2 aromatic carbocycles. The van der Waals surface area contributed by atoms with Gasteiger partial charge in [-0.2, -0.15) is 5.10 Å². The molecule has 2 aliphatic rings. The first-order valence-corrected chi connectivity index (χ1v) is 9.28. The number of ether oxygens (including phenoxy) is 2. The topological polar surface area (TPSA) is 79.4 Å². The van der Waals surface area contributed by atoms with Gasteiger partial charge in [0.05, 0.1) is 11.4 Å². The van der Waals surface area contributed by atoms with Crippen LogP contribution in [0.1, 0.15) is 42.4 Å². The van der Waals surface area contributed by atoms with Gasteiger partial charge >= 0.3 is 0 Å². The van der Waals surface area contributed by atoms with Gasteiger partial charge in [0.1, 0.15) is 5.69 Å². The molecule has 0 fully saturated rings. The first-order valence-electron chi connectivity index (χ1n) is 9.28. The molecule has 142 valence electrons. The lowest BCUT2D eigenvalue weighted by Gasteiger charge is -2.33. The van der Waals surface area contributed by atoms with Gasteiger partial charge in [0.25, 0.3) is 0 Å². The molecule has 0 unspecified atom stereocenters. The quantitative estimate of drug-likeness (QED) is 0.543. The predicted octanol–water partition coefficient (Wildman–Crippen LogP) is 3.89. The summed E-state index contributed by atoms with van der Waals surface area (Å²) < 4.78 is 12.8. The molecule has 0 spiro atoms. The fourth-order valence-electron chi connectivity index (χ4n) is 4.27. The van der Waals surface area contributed by atoms with Crippen LogP contribution in [0.15, 0.2) is 36.4 Å². The molecular weight excluding hydrogens is 354 g/mol. The third-order valence-electron chi connectivity index (χ3n) is 5.56. The minimum atomic E-state index is -0.122. The van der Waals surface area contributed by atoms with Crippen LogP contribution in [-0.2, 0) is 11.8 Å². The molecule has 0 atom stereocenters. The average molecular weight is 375 g/mol. The largest absolute Gasteiger partial charge is 0.454 e. The zero-order chi connectivity index (χ0) is 19.6. The van der Waals surface area contributed by atoms with Crippen molar-refractivity contribution in [3.8, 4) is 28.4 Å². The van der Waals surface area contributed by atoms with Gasteiger partial charge < -0.3 is 15.2 Å². The molecule has 0 saturated heterocycles. The molecule has 1 aliphatic heterocycles. The van der Waals surface area contributed by atoms with Crippen molar-refractivity contribution in [2.24, 2.45) is 0 Å². The van der Waals surface area contributed by atoms with E-state index in [1.165, 1.54) is 5.56 Å². The average Bonchev–Trinajstić information content (AvgIpc) is 3.24. The zero-order valence-electron chi connectivity index (χ0n) is 16.1. The van der Waals surface area contributed by atoms with E-state index in [4.69, 9.17) is 20.3 Å². The Bertz CT molecular complexity index is 1140. The number of nitrogens with two attached hydrogens (primary N) is 1. The third-order valence-corrected chi connectivity index (χ3v) is 5.56. The summed E-state index contributed by atoms with van der Waals surface area (Å²) in [6.45, 7) is 6.15. The first kappa shape index (κ1) is 16.9. The normalized spacial score (nSPS) is 15.8. The molecular formula is C22H21N3O3. The number of hydrogen-bond donors (Lipinski definition) is 1. The molecule has 1 aromatic heterocycles. The summed E-state index contributed by atoms with van der Waals surface area (Å²) in [4.78, 5) is 12.4. The summed E-state index contributed by atoms with van der Waals surface area (Å²) in [6.07, 6.45) is 0.735. The third kappa shape index (κ3) is 2.34. The van der Waals surface area contributed by atoms with E-state index in [1.54, 1.807) is 6.92 Å². The molecule has 0 amide bonds. The summed E-state index contributed by atoms with van der Waals surface area (Å²) in [5, 5.41) is 4.71. The fraction of sp³-hybridized carbons (Fsp3) is 0.273. The number of nitrogens with zero attached hydrogens (tertiary/aromatic N) is 2. The van der Waals surface area contributed by atoms with Crippen molar-refractivity contribution in [3.63, 3.8) is 0 Å². The Kier molecular flexibility index (Phi) is 3.38. The van der Waals surface area contributed by atoms with E-state index in [0.29, 0.717) is 22.9 Å². The van der Waals surface area contributed by atoms with E-state index >= 15 is 0 Å². The highest BCUT2D eigenvalue weighted by molar-refractivity contribution is 5.96. The van der Waals surface area contributed by atoms with Gasteiger partial charge in [-0.1, -0.05) is 19.9 Å². The van der Waals surface area contributed by atoms with Crippen molar-refractivity contribution >= 4 is 11.5 Å². The van der Waals surface area contributed by atoms with Crippen LogP contribution in [0.25, 0.3) is 16.9 Å². The van der Waals surface area contributed by atoms with Crippen LogP contribution in [0, 0.1) is 0 Å². The maximum Gasteiger partial charge on any atom is 0.231 e. The molecule has 6 nitrogen and oxygen atoms in total. The second kappa shape index (κ2) is 5.61. The Morgan fingerprint density at radius 2 is 1.93 bits per heavy atom. The predicted molar refractivity (Wildman–Crippen MR) is 106 cm³/mol. The number of aromatic nitrogens is 2. The molecule has 2 heterocycles. The van der Waals surface area contributed by atoms with Crippen LogP contribution >= 0.6 is 0 Å². The summed E-state index contributed by atoms with van der Waals surface area (Å²) >= 11 is 0. The number of Topliss-reactive ketones (excluding diaryl/α,β-unsaturated/α-hetero) is 1. The summed E-state index contributed by atoms with van der Waals surface area (Å²) in [5.41, 5.74) is 12.1. The van der Waals surface area contributed by atoms with Gasteiger partial charge in [0, 0.05) is 29.8 Å². The second-order valence-electron chi connectivity index (χ2n) is 8.05. The Labute approximate surface area is 162 Å². The van der Waals surface area contributed by atoms with Gasteiger partial charge in [0.15, 0.2) is 17.3 Å². The number of fused-ring (bicyclic) bond motifs is 4. The maximum atomic E-state index is 12.4. The fourth-order valence-corrected chi connectivity index (χ4v) is 4.27. The Hall–Kier alpha value is -3.28. The lowest BCUT2D eigenvalue weighted by molar-refractivity contribution is 0.101. The van der Waals surface area contributed by atoms with Gasteiger partial charge in [-0.15, -0.1) is 0 Å². The van der Waals surface area contributed by atoms with Crippen molar-refractivity contribution in [2.75, 3.05) is 12.5 Å². The maximum absolute atomic E-state index is 12.4. The van der Waals surface area contributed by atoms with E-state index in [2.05, 4.69) is 19.9 Å². The van der Waals surface area contributed by atoms with Crippen LogP contribution in [0.5, 0.6) is 11.5 Å². The van der Waals surface area contributed by atoms with E-state index in [9.17, 15) is 4.79 Å². The Morgan fingerprint density at radius 1 is 1.14 bits per heavy atom. The number of anilines is 1. The van der Waals surface area contributed by atoms with Crippen molar-refractivity contribution in [2.45, 2.75) is 32.6 Å². The van der Waals surface area contributed by atoms with Crippen LogP contribution < -0.4 is 15.2 Å². The van der Waals surface area contributed by atoms with Gasteiger partial charge in [-0.05, 0) is 41.7 Å². The molecule has 6 heteroatoms. The highest BCUT2D eigenvalue weighted by Gasteiger charge is 2.37. The lowest BCUT2D eigenvalue weighted by atomic mass is 9.71. The molecule has 0 saturated carbocycles. The second-order valence-corrected chi connectivity index (χ2v) is 8.05. The molecule has 0 bridgehead atoms. The number of carbonyl (C=O) groups is 1. The minimum Gasteiger partial charge on any atom is -0.454 e. The van der Waals surface area contributed by atoms with E-state index in [-0.39, 0.29) is 18.0 Å².